The molecule has 0 bridgehead atoms. The minimum Gasteiger partial charge on any atom is -0.494 e. The molecule has 0 aliphatic heterocycles. The Morgan fingerprint density at radius 3 is 2.58 bits per heavy atom. The van der Waals surface area contributed by atoms with E-state index in [9.17, 15) is 4.79 Å². The van der Waals surface area contributed by atoms with Crippen molar-refractivity contribution in [2.24, 2.45) is 0 Å². The number of nitrogens with one attached hydrogen (secondary N) is 1. The van der Waals surface area contributed by atoms with Crippen molar-refractivity contribution in [3.63, 3.8) is 0 Å². The summed E-state index contributed by atoms with van der Waals surface area (Å²) in [6, 6.07) is 11.5. The molecule has 1 aliphatic rings. The predicted octanol–water partition coefficient (Wildman–Crippen LogP) is 2.62. The minimum absolute atomic E-state index is 0.198. The molecule has 0 unspecified atom stereocenters. The molecular weight excluding hydrogens is 330 g/mol. The smallest absolute Gasteiger partial charge is 0.274 e. The van der Waals surface area contributed by atoms with Crippen LogP contribution < -0.4 is 10.1 Å². The first-order valence-corrected chi connectivity index (χ1v) is 8.66. The highest BCUT2D eigenvalue weighted by atomic mass is 16.5. The second kappa shape index (κ2) is 6.95. The van der Waals surface area contributed by atoms with Gasteiger partial charge in [-0.15, -0.1) is 5.10 Å². The summed E-state index contributed by atoms with van der Waals surface area (Å²) in [6.45, 7) is 2.55. The van der Waals surface area contributed by atoms with Gasteiger partial charge in [0, 0.05) is 24.0 Å². The van der Waals surface area contributed by atoms with Gasteiger partial charge in [0.1, 0.15) is 11.4 Å². The molecule has 1 N–H and O–H groups in total. The molecule has 132 valence electrons. The first-order chi connectivity index (χ1) is 12.8. The van der Waals surface area contributed by atoms with Crippen LogP contribution in [-0.4, -0.2) is 38.5 Å². The average molecular weight is 349 g/mol. The Morgan fingerprint density at radius 1 is 1.19 bits per heavy atom. The van der Waals surface area contributed by atoms with Gasteiger partial charge in [-0.3, -0.25) is 9.78 Å². The van der Waals surface area contributed by atoms with Gasteiger partial charge < -0.3 is 10.1 Å². The fraction of sp³-hybridized carbons (Fsp3) is 0.263. The molecule has 0 radical (unpaired) electrons. The minimum atomic E-state index is -0.198. The highest BCUT2D eigenvalue weighted by molar-refractivity contribution is 5.98. The fourth-order valence-electron chi connectivity index (χ4n) is 2.72. The van der Waals surface area contributed by atoms with Crippen molar-refractivity contribution >= 4 is 5.91 Å². The number of nitrogens with zero attached hydrogens (tertiary/aromatic N) is 4. The number of pyridine rings is 1. The van der Waals surface area contributed by atoms with Crippen LogP contribution in [0.15, 0.2) is 48.8 Å². The standard InChI is InChI=1S/C19H19N5O2/c1-2-26-16-7-5-15(6-8-16)24-18(13-9-11-20-12-10-13)17(22-23-24)19(25)21-14-3-4-14/h5-12,14H,2-4H2,1H3,(H,21,25). The molecule has 4 rings (SSSR count). The van der Waals surface area contributed by atoms with Crippen LogP contribution in [0.2, 0.25) is 0 Å². The SMILES string of the molecule is CCOc1ccc(-n2nnc(C(=O)NC3CC3)c2-c2ccncc2)cc1. The van der Waals surface area contributed by atoms with E-state index in [2.05, 4.69) is 20.6 Å². The van der Waals surface area contributed by atoms with Gasteiger partial charge in [0.15, 0.2) is 5.69 Å². The van der Waals surface area contributed by atoms with Gasteiger partial charge >= 0.3 is 0 Å². The van der Waals surface area contributed by atoms with E-state index in [1.54, 1.807) is 17.1 Å². The molecule has 2 aromatic heterocycles. The van der Waals surface area contributed by atoms with Crippen molar-refractivity contribution in [3.05, 3.63) is 54.5 Å². The maximum atomic E-state index is 12.6. The Morgan fingerprint density at radius 2 is 1.92 bits per heavy atom. The third-order valence-corrected chi connectivity index (χ3v) is 4.14. The monoisotopic (exact) mass is 349 g/mol. The largest absolute Gasteiger partial charge is 0.494 e. The van der Waals surface area contributed by atoms with Crippen LogP contribution in [0.4, 0.5) is 0 Å². The van der Waals surface area contributed by atoms with E-state index in [1.165, 1.54) is 0 Å². The molecule has 1 saturated carbocycles. The van der Waals surface area contributed by atoms with E-state index in [0.717, 1.165) is 29.8 Å². The highest BCUT2D eigenvalue weighted by Gasteiger charge is 2.28. The second-order valence-electron chi connectivity index (χ2n) is 6.11. The lowest BCUT2D eigenvalue weighted by Gasteiger charge is -2.09. The van der Waals surface area contributed by atoms with E-state index in [0.29, 0.717) is 18.0 Å². The Kier molecular flexibility index (Phi) is 4.35. The third kappa shape index (κ3) is 3.28. The quantitative estimate of drug-likeness (QED) is 0.740. The van der Waals surface area contributed by atoms with Crippen LogP contribution in [0.5, 0.6) is 5.75 Å². The molecule has 1 fully saturated rings. The third-order valence-electron chi connectivity index (χ3n) is 4.14. The fourth-order valence-corrected chi connectivity index (χ4v) is 2.72. The number of ether oxygens (including phenoxy) is 1. The Bertz CT molecular complexity index is 901. The first kappa shape index (κ1) is 16.3. The number of benzene rings is 1. The number of aromatic nitrogens is 4. The van der Waals surface area contributed by atoms with Crippen molar-refractivity contribution in [2.75, 3.05) is 6.61 Å². The zero-order valence-corrected chi connectivity index (χ0v) is 14.4. The molecular formula is C19H19N5O2. The normalized spacial score (nSPS) is 13.4. The number of carbonyl (C=O) groups is 1. The zero-order chi connectivity index (χ0) is 17.9. The van der Waals surface area contributed by atoms with Crippen molar-refractivity contribution in [3.8, 4) is 22.7 Å². The lowest BCUT2D eigenvalue weighted by Crippen LogP contribution is -2.26. The van der Waals surface area contributed by atoms with Gasteiger partial charge in [-0.1, -0.05) is 5.21 Å². The van der Waals surface area contributed by atoms with Gasteiger partial charge in [0.25, 0.3) is 5.91 Å². The number of rotatable bonds is 6. The van der Waals surface area contributed by atoms with E-state index in [4.69, 9.17) is 4.74 Å². The van der Waals surface area contributed by atoms with Crippen molar-refractivity contribution in [1.82, 2.24) is 25.3 Å². The summed E-state index contributed by atoms with van der Waals surface area (Å²) < 4.78 is 7.16. The van der Waals surface area contributed by atoms with Gasteiger partial charge in [0.2, 0.25) is 0 Å². The number of hydrogen-bond donors (Lipinski definition) is 1. The molecule has 1 aliphatic carbocycles. The topological polar surface area (TPSA) is 81.9 Å². The van der Waals surface area contributed by atoms with Crippen LogP contribution in [0.25, 0.3) is 16.9 Å². The Balaban J connectivity index is 1.76. The molecule has 0 saturated heterocycles. The summed E-state index contributed by atoms with van der Waals surface area (Å²) >= 11 is 0. The average Bonchev–Trinajstić information content (AvgIpc) is 3.37. The Hall–Kier alpha value is -3.22. The summed E-state index contributed by atoms with van der Waals surface area (Å²) in [5.41, 5.74) is 2.60. The Labute approximate surface area is 151 Å². The van der Waals surface area contributed by atoms with E-state index in [1.807, 2.05) is 43.3 Å². The maximum absolute atomic E-state index is 12.6. The zero-order valence-electron chi connectivity index (χ0n) is 14.4. The highest BCUT2D eigenvalue weighted by Crippen LogP contribution is 2.27. The van der Waals surface area contributed by atoms with E-state index < -0.39 is 0 Å². The number of hydrogen-bond acceptors (Lipinski definition) is 5. The predicted molar refractivity (Wildman–Crippen MR) is 96.2 cm³/mol. The van der Waals surface area contributed by atoms with Crippen molar-refractivity contribution in [1.29, 1.82) is 0 Å². The van der Waals surface area contributed by atoms with Crippen LogP contribution in [-0.2, 0) is 0 Å². The van der Waals surface area contributed by atoms with Crippen molar-refractivity contribution in [2.45, 2.75) is 25.8 Å². The summed E-state index contributed by atoms with van der Waals surface area (Å²) in [4.78, 5) is 16.7. The molecule has 1 amide bonds. The summed E-state index contributed by atoms with van der Waals surface area (Å²) in [5.74, 6) is 0.588. The van der Waals surface area contributed by atoms with Gasteiger partial charge in [-0.05, 0) is 56.2 Å². The summed E-state index contributed by atoms with van der Waals surface area (Å²) in [5, 5.41) is 11.4. The molecule has 2 heterocycles. The van der Waals surface area contributed by atoms with Crippen LogP contribution >= 0.6 is 0 Å². The molecule has 0 atom stereocenters. The van der Waals surface area contributed by atoms with E-state index >= 15 is 0 Å². The van der Waals surface area contributed by atoms with Crippen molar-refractivity contribution < 1.29 is 9.53 Å². The molecule has 0 spiro atoms. The first-order valence-electron chi connectivity index (χ1n) is 8.66. The van der Waals surface area contributed by atoms with Gasteiger partial charge in [0.05, 0.1) is 12.3 Å². The molecule has 3 aromatic rings. The summed E-state index contributed by atoms with van der Waals surface area (Å²) in [6.07, 6.45) is 5.41. The van der Waals surface area contributed by atoms with Crippen LogP contribution in [0, 0.1) is 0 Å². The maximum Gasteiger partial charge on any atom is 0.274 e. The summed E-state index contributed by atoms with van der Waals surface area (Å²) in [7, 11) is 0. The number of amides is 1. The van der Waals surface area contributed by atoms with Gasteiger partial charge in [-0.25, -0.2) is 4.68 Å². The molecule has 1 aromatic carbocycles. The van der Waals surface area contributed by atoms with E-state index in [-0.39, 0.29) is 11.9 Å². The molecule has 26 heavy (non-hydrogen) atoms. The van der Waals surface area contributed by atoms with Crippen LogP contribution in [0.1, 0.15) is 30.3 Å². The van der Waals surface area contributed by atoms with Crippen LogP contribution in [0.3, 0.4) is 0 Å². The molecule has 7 heteroatoms. The lowest BCUT2D eigenvalue weighted by molar-refractivity contribution is 0.0946. The van der Waals surface area contributed by atoms with Gasteiger partial charge in [-0.2, -0.15) is 0 Å². The second-order valence-corrected chi connectivity index (χ2v) is 6.11. The number of carbonyl (C=O) groups excluding carboxylic acids is 1. The lowest BCUT2D eigenvalue weighted by atomic mass is 10.1. The molecule has 7 nitrogen and oxygen atoms in total.